The Labute approximate surface area is 196 Å². The maximum atomic E-state index is 12.9. The van der Waals surface area contributed by atoms with Crippen molar-refractivity contribution in [2.45, 2.75) is 32.0 Å². The highest BCUT2D eigenvalue weighted by Crippen LogP contribution is 2.31. The van der Waals surface area contributed by atoms with Gasteiger partial charge in [-0.05, 0) is 60.7 Å². The molecule has 33 heavy (non-hydrogen) atoms. The van der Waals surface area contributed by atoms with Gasteiger partial charge in [-0.3, -0.25) is 9.78 Å². The third-order valence-electron chi connectivity index (χ3n) is 5.37. The first-order valence-corrected chi connectivity index (χ1v) is 10.9. The second kappa shape index (κ2) is 10.7. The van der Waals surface area contributed by atoms with Crippen molar-refractivity contribution in [1.82, 2.24) is 10.3 Å². The summed E-state index contributed by atoms with van der Waals surface area (Å²) in [4.78, 5) is 18.5. The van der Waals surface area contributed by atoms with Gasteiger partial charge in [0, 0.05) is 30.5 Å². The maximum absolute atomic E-state index is 12.9. The first-order chi connectivity index (χ1) is 15.7. The van der Waals surface area contributed by atoms with Crippen LogP contribution in [0, 0.1) is 6.92 Å². The Kier molecular flexibility index (Phi) is 7.97. The third-order valence-corrected chi connectivity index (χ3v) is 5.80. The van der Waals surface area contributed by atoms with Crippen LogP contribution in [-0.2, 0) is 17.4 Å². The van der Waals surface area contributed by atoms with Crippen LogP contribution in [-0.4, -0.2) is 24.5 Å². The Bertz CT molecular complexity index is 1070. The number of alkyl halides is 3. The number of carbonyl (C=O) groups is 1. The minimum absolute atomic E-state index is 0.162. The van der Waals surface area contributed by atoms with Gasteiger partial charge in [-0.15, -0.1) is 0 Å². The van der Waals surface area contributed by atoms with Gasteiger partial charge in [0.25, 0.3) is 0 Å². The number of aryl methyl sites for hydroxylation is 2. The summed E-state index contributed by atoms with van der Waals surface area (Å²) < 4.78 is 38.3. The highest BCUT2D eigenvalue weighted by atomic mass is 35.5. The fourth-order valence-corrected chi connectivity index (χ4v) is 3.77. The number of halogens is 4. The zero-order valence-electron chi connectivity index (χ0n) is 18.4. The number of hydrogen-bond acceptors (Lipinski definition) is 3. The summed E-state index contributed by atoms with van der Waals surface area (Å²) >= 11 is 6.22. The summed E-state index contributed by atoms with van der Waals surface area (Å²) in [7, 11) is 1.59. The highest BCUT2D eigenvalue weighted by Gasteiger charge is 2.32. The number of hydrogen-bond donors (Lipinski definition) is 1. The van der Waals surface area contributed by atoms with E-state index in [9.17, 15) is 18.0 Å². The second-order valence-electron chi connectivity index (χ2n) is 7.71. The maximum Gasteiger partial charge on any atom is 0.433 e. The number of benzene rings is 2. The molecule has 1 heterocycles. The van der Waals surface area contributed by atoms with Crippen LogP contribution in [0.4, 0.5) is 18.9 Å². The van der Waals surface area contributed by atoms with Gasteiger partial charge in [-0.1, -0.05) is 48.0 Å². The number of nitrogens with zero attached hydrogens (tertiary/aromatic N) is 2. The molecule has 3 aromatic rings. The van der Waals surface area contributed by atoms with Crippen LogP contribution in [0.2, 0.25) is 5.02 Å². The predicted molar refractivity (Wildman–Crippen MR) is 124 cm³/mol. The fourth-order valence-electron chi connectivity index (χ4n) is 3.65. The van der Waals surface area contributed by atoms with Gasteiger partial charge < -0.3 is 10.2 Å². The Hall–Kier alpha value is -3.06. The zero-order chi connectivity index (χ0) is 24.0. The molecule has 0 fully saturated rings. The predicted octanol–water partition coefficient (Wildman–Crippen LogP) is 5.99. The van der Waals surface area contributed by atoms with E-state index in [-0.39, 0.29) is 5.91 Å². The number of likely N-dealkylation sites (N-methyl/N-ethyl adjacent to an activating group) is 1. The van der Waals surface area contributed by atoms with Crippen LogP contribution in [0.3, 0.4) is 0 Å². The van der Waals surface area contributed by atoms with Gasteiger partial charge in [0.15, 0.2) is 0 Å². The Morgan fingerprint density at radius 3 is 2.42 bits per heavy atom. The number of carbonyl (C=O) groups excluding carboxylic acids is 1. The van der Waals surface area contributed by atoms with Crippen LogP contribution in [0.25, 0.3) is 0 Å². The second-order valence-corrected chi connectivity index (χ2v) is 8.11. The summed E-state index contributed by atoms with van der Waals surface area (Å²) in [6.07, 6.45) is -2.08. The quantitative estimate of drug-likeness (QED) is 0.435. The molecule has 4 nitrogen and oxygen atoms in total. The van der Waals surface area contributed by atoms with Crippen molar-refractivity contribution in [3.05, 3.63) is 94.3 Å². The van der Waals surface area contributed by atoms with Crippen molar-refractivity contribution < 1.29 is 18.0 Å². The Balaban J connectivity index is 1.87. The molecule has 0 aliphatic heterocycles. The van der Waals surface area contributed by atoms with E-state index in [2.05, 4.69) is 10.3 Å². The molecule has 0 saturated heterocycles. The largest absolute Gasteiger partial charge is 0.433 e. The third kappa shape index (κ3) is 6.26. The lowest BCUT2D eigenvalue weighted by Crippen LogP contribution is -2.40. The molecule has 1 amide bonds. The smallest absolute Gasteiger partial charge is 0.357 e. The van der Waals surface area contributed by atoms with Crippen molar-refractivity contribution >= 4 is 23.2 Å². The molecule has 1 atom stereocenters. The van der Waals surface area contributed by atoms with Gasteiger partial charge >= 0.3 is 6.18 Å². The van der Waals surface area contributed by atoms with E-state index in [1.165, 1.54) is 12.3 Å². The number of aromatic nitrogens is 1. The van der Waals surface area contributed by atoms with E-state index in [0.717, 1.165) is 22.9 Å². The van der Waals surface area contributed by atoms with Gasteiger partial charge in [-0.2, -0.15) is 13.2 Å². The number of pyridine rings is 1. The number of amides is 1. The SMILES string of the molecule is CNC(=O)[C@H](c1ccccc1)N(CCCc1ccc(C(F)(F)F)nc1)c1ccc(Cl)c(C)c1. The van der Waals surface area contributed by atoms with E-state index in [1.807, 2.05) is 54.3 Å². The molecule has 0 bridgehead atoms. The normalized spacial score (nSPS) is 12.3. The highest BCUT2D eigenvalue weighted by molar-refractivity contribution is 6.31. The van der Waals surface area contributed by atoms with Crippen molar-refractivity contribution in [1.29, 1.82) is 0 Å². The summed E-state index contributed by atoms with van der Waals surface area (Å²) in [5, 5.41) is 3.38. The standard InChI is InChI=1S/C25H25ClF3N3O/c1-17-15-20(11-12-21(17)26)32(23(24(33)30-2)19-8-4-3-5-9-19)14-6-7-18-10-13-22(31-16-18)25(27,28)29/h3-5,8-13,15-16,23H,6-7,14H2,1-2H3,(H,30,33)/t23-/m0/s1. The van der Waals surface area contributed by atoms with Crippen LogP contribution >= 0.6 is 11.6 Å². The summed E-state index contributed by atoms with van der Waals surface area (Å²) in [6, 6.07) is 16.9. The lowest BCUT2D eigenvalue weighted by atomic mass is 10.0. The van der Waals surface area contributed by atoms with Gasteiger partial charge in [0.1, 0.15) is 11.7 Å². The summed E-state index contributed by atoms with van der Waals surface area (Å²) in [5.74, 6) is -0.162. The summed E-state index contributed by atoms with van der Waals surface area (Å²) in [5.41, 5.74) is 2.34. The van der Waals surface area contributed by atoms with E-state index in [0.29, 0.717) is 30.0 Å². The van der Waals surface area contributed by atoms with E-state index >= 15 is 0 Å². The van der Waals surface area contributed by atoms with E-state index in [4.69, 9.17) is 11.6 Å². The molecule has 174 valence electrons. The van der Waals surface area contributed by atoms with E-state index < -0.39 is 17.9 Å². The van der Waals surface area contributed by atoms with E-state index in [1.54, 1.807) is 13.1 Å². The average molecular weight is 476 g/mol. The number of rotatable bonds is 8. The molecule has 0 aliphatic carbocycles. The fraction of sp³-hybridized carbons (Fsp3) is 0.280. The van der Waals surface area contributed by atoms with Gasteiger partial charge in [0.2, 0.25) is 5.91 Å². The van der Waals surface area contributed by atoms with Crippen molar-refractivity contribution in [3.63, 3.8) is 0 Å². The summed E-state index contributed by atoms with van der Waals surface area (Å²) in [6.45, 7) is 2.39. The average Bonchev–Trinajstić information content (AvgIpc) is 2.80. The molecule has 0 saturated carbocycles. The first kappa shape index (κ1) is 24.6. The molecule has 0 spiro atoms. The van der Waals surface area contributed by atoms with Crippen molar-refractivity contribution in [2.24, 2.45) is 0 Å². The van der Waals surface area contributed by atoms with Crippen molar-refractivity contribution in [3.8, 4) is 0 Å². The van der Waals surface area contributed by atoms with Crippen molar-refractivity contribution in [2.75, 3.05) is 18.5 Å². The lowest BCUT2D eigenvalue weighted by molar-refractivity contribution is -0.141. The van der Waals surface area contributed by atoms with Gasteiger partial charge in [0.05, 0.1) is 0 Å². The molecule has 0 aliphatic rings. The topological polar surface area (TPSA) is 45.2 Å². The molecule has 0 radical (unpaired) electrons. The molecule has 8 heteroatoms. The number of anilines is 1. The van der Waals surface area contributed by atoms with Crippen LogP contribution < -0.4 is 10.2 Å². The Morgan fingerprint density at radius 2 is 1.85 bits per heavy atom. The van der Waals surface area contributed by atoms with Crippen LogP contribution in [0.15, 0.2) is 66.9 Å². The zero-order valence-corrected chi connectivity index (χ0v) is 19.1. The van der Waals surface area contributed by atoms with Crippen LogP contribution in [0.5, 0.6) is 0 Å². The monoisotopic (exact) mass is 475 g/mol. The minimum Gasteiger partial charge on any atom is -0.357 e. The molecule has 2 aromatic carbocycles. The molecule has 0 unspecified atom stereocenters. The molecule has 3 rings (SSSR count). The molecule has 1 N–H and O–H groups in total. The lowest BCUT2D eigenvalue weighted by Gasteiger charge is -2.33. The number of nitrogens with one attached hydrogen (secondary N) is 1. The molecule has 1 aromatic heterocycles. The van der Waals surface area contributed by atoms with Gasteiger partial charge in [-0.25, -0.2) is 0 Å². The molecular weight excluding hydrogens is 451 g/mol. The first-order valence-electron chi connectivity index (χ1n) is 10.5. The van der Waals surface area contributed by atoms with Crippen LogP contribution in [0.1, 0.15) is 34.8 Å². The molecular formula is C25H25ClF3N3O. The minimum atomic E-state index is -4.46. The Morgan fingerprint density at radius 1 is 1.12 bits per heavy atom.